The fourth-order valence-electron chi connectivity index (χ4n) is 4.65. The molecule has 2 aromatic carbocycles. The van der Waals surface area contributed by atoms with Crippen molar-refractivity contribution in [3.05, 3.63) is 76.0 Å². The van der Waals surface area contributed by atoms with Crippen molar-refractivity contribution in [2.75, 3.05) is 5.32 Å². The molecule has 1 N–H and O–H groups in total. The van der Waals surface area contributed by atoms with E-state index in [1.807, 2.05) is 13.8 Å². The van der Waals surface area contributed by atoms with Gasteiger partial charge < -0.3 is 5.32 Å². The number of carbonyl (C=O) groups excluding carboxylic acids is 2. The molecule has 2 aromatic rings. The van der Waals surface area contributed by atoms with Crippen molar-refractivity contribution in [2.45, 2.75) is 39.5 Å². The number of hydrogen-bond donors (Lipinski definition) is 1. The van der Waals surface area contributed by atoms with Crippen LogP contribution in [0.15, 0.2) is 58.7 Å². The number of benzene rings is 2. The Balaban J connectivity index is 1.82. The maximum atomic E-state index is 14.2. The van der Waals surface area contributed by atoms with Crippen LogP contribution in [-0.2, 0) is 9.59 Å². The van der Waals surface area contributed by atoms with Crippen LogP contribution in [-0.4, -0.2) is 17.4 Å². The number of aliphatic imine (C=N–C) groups is 1. The predicted molar refractivity (Wildman–Crippen MR) is 121 cm³/mol. The lowest BCUT2D eigenvalue weighted by atomic mass is 9.66. The van der Waals surface area contributed by atoms with Crippen molar-refractivity contribution >= 4 is 34.7 Å². The minimum absolute atomic E-state index is 0.0665. The highest BCUT2D eigenvalue weighted by Crippen LogP contribution is 2.49. The molecule has 7 heteroatoms. The minimum atomic E-state index is -0.881. The zero-order valence-corrected chi connectivity index (χ0v) is 18.8. The SMILES string of the molecule is CC1=NC2=C(C(=O)CC(C)(C)C2)[C@H](c2ccccc2Cl)C1C(=O)Nc1ccc(F)cc1F. The highest BCUT2D eigenvalue weighted by molar-refractivity contribution is 6.31. The average molecular weight is 457 g/mol. The first-order chi connectivity index (χ1) is 15.1. The largest absolute Gasteiger partial charge is 0.323 e. The fraction of sp³-hybridized carbons (Fsp3) is 0.320. The van der Waals surface area contributed by atoms with E-state index >= 15 is 0 Å². The molecule has 1 aliphatic carbocycles. The highest BCUT2D eigenvalue weighted by Gasteiger charge is 2.46. The summed E-state index contributed by atoms with van der Waals surface area (Å²) in [6, 6.07) is 10.0. The number of allylic oxidation sites excluding steroid dienone is 2. The average Bonchev–Trinajstić information content (AvgIpc) is 2.68. The van der Waals surface area contributed by atoms with E-state index < -0.39 is 29.4 Å². The van der Waals surface area contributed by atoms with Crippen molar-refractivity contribution in [1.29, 1.82) is 0 Å². The zero-order chi connectivity index (χ0) is 23.2. The molecule has 32 heavy (non-hydrogen) atoms. The summed E-state index contributed by atoms with van der Waals surface area (Å²) in [5.74, 6) is -3.75. The number of carbonyl (C=O) groups is 2. The quantitative estimate of drug-likeness (QED) is 0.609. The standard InChI is InChI=1S/C25H23ClF2N2O2/c1-13-21(24(32)30-18-9-8-14(27)10-17(18)28)22(15-6-4-5-7-16(15)26)23-19(29-13)11-25(2,3)12-20(23)31/h4-10,21-22H,11-12H2,1-3H3,(H,30,32)/t21?,22-/m1/s1. The van der Waals surface area contributed by atoms with Crippen molar-refractivity contribution in [3.63, 3.8) is 0 Å². The molecule has 0 fully saturated rings. The molecule has 0 spiro atoms. The molecule has 1 aliphatic heterocycles. The van der Waals surface area contributed by atoms with E-state index in [0.717, 1.165) is 6.07 Å². The van der Waals surface area contributed by atoms with E-state index in [-0.39, 0.29) is 16.9 Å². The summed E-state index contributed by atoms with van der Waals surface area (Å²) in [5, 5.41) is 2.98. The van der Waals surface area contributed by atoms with E-state index in [4.69, 9.17) is 11.6 Å². The lowest BCUT2D eigenvalue weighted by Gasteiger charge is -2.39. The summed E-state index contributed by atoms with van der Waals surface area (Å²) < 4.78 is 27.5. The Bertz CT molecular complexity index is 1190. The molecule has 4 nitrogen and oxygen atoms in total. The summed E-state index contributed by atoms with van der Waals surface area (Å²) in [6.07, 6.45) is 0.940. The molecule has 1 amide bonds. The number of nitrogens with one attached hydrogen (secondary N) is 1. The Morgan fingerprint density at radius 1 is 1.16 bits per heavy atom. The molecule has 0 aromatic heterocycles. The molecule has 0 radical (unpaired) electrons. The van der Waals surface area contributed by atoms with Crippen LogP contribution in [0, 0.1) is 23.0 Å². The molecule has 2 aliphatic rings. The second-order valence-electron chi connectivity index (χ2n) is 9.14. The van der Waals surface area contributed by atoms with Crippen LogP contribution in [0.4, 0.5) is 14.5 Å². The number of hydrogen-bond acceptors (Lipinski definition) is 3. The van der Waals surface area contributed by atoms with Crippen LogP contribution in [0.25, 0.3) is 0 Å². The maximum absolute atomic E-state index is 14.2. The number of halogens is 3. The number of Topliss-reactive ketones (excluding diaryl/α,β-unsaturated/α-hetero) is 1. The normalized spacial score (nSPS) is 22.3. The summed E-state index contributed by atoms with van der Waals surface area (Å²) in [4.78, 5) is 31.3. The van der Waals surface area contributed by atoms with Crippen LogP contribution >= 0.6 is 11.6 Å². The van der Waals surface area contributed by atoms with Crippen LogP contribution in [0.1, 0.15) is 45.1 Å². The van der Waals surface area contributed by atoms with Crippen LogP contribution in [0.2, 0.25) is 5.02 Å². The Hall–Kier alpha value is -2.86. The van der Waals surface area contributed by atoms with Gasteiger partial charge in [-0.3, -0.25) is 14.6 Å². The van der Waals surface area contributed by atoms with Crippen LogP contribution < -0.4 is 5.32 Å². The van der Waals surface area contributed by atoms with Gasteiger partial charge in [0.05, 0.1) is 11.6 Å². The Kier molecular flexibility index (Phi) is 5.76. The molecule has 1 unspecified atom stereocenters. The lowest BCUT2D eigenvalue weighted by molar-refractivity contribution is -0.119. The molecular formula is C25H23ClF2N2O2. The van der Waals surface area contributed by atoms with Gasteiger partial charge in [-0.2, -0.15) is 0 Å². The first-order valence-corrected chi connectivity index (χ1v) is 10.8. The molecule has 2 atom stereocenters. The summed E-state index contributed by atoms with van der Waals surface area (Å²) >= 11 is 6.51. The summed E-state index contributed by atoms with van der Waals surface area (Å²) in [6.45, 7) is 5.76. The first kappa shape index (κ1) is 22.3. The molecule has 1 heterocycles. The third-order valence-corrected chi connectivity index (χ3v) is 6.36. The smallest absolute Gasteiger partial charge is 0.234 e. The Labute approximate surface area is 190 Å². The van der Waals surface area contributed by atoms with Crippen molar-refractivity contribution in [2.24, 2.45) is 16.3 Å². The molecule has 166 valence electrons. The Morgan fingerprint density at radius 2 is 1.88 bits per heavy atom. The second-order valence-corrected chi connectivity index (χ2v) is 9.55. The van der Waals surface area contributed by atoms with Gasteiger partial charge in [-0.15, -0.1) is 0 Å². The van der Waals surface area contributed by atoms with E-state index in [2.05, 4.69) is 10.3 Å². The lowest BCUT2D eigenvalue weighted by Crippen LogP contribution is -2.41. The van der Waals surface area contributed by atoms with E-state index in [1.165, 1.54) is 6.07 Å². The maximum Gasteiger partial charge on any atom is 0.234 e. The van der Waals surface area contributed by atoms with Crippen LogP contribution in [0.3, 0.4) is 0 Å². The monoisotopic (exact) mass is 456 g/mol. The molecular weight excluding hydrogens is 434 g/mol. The van der Waals surface area contributed by atoms with Gasteiger partial charge in [0.1, 0.15) is 11.6 Å². The van der Waals surface area contributed by atoms with Crippen LogP contribution in [0.5, 0.6) is 0 Å². The summed E-state index contributed by atoms with van der Waals surface area (Å²) in [5.41, 5.74) is 1.94. The molecule has 0 saturated carbocycles. The molecule has 0 bridgehead atoms. The topological polar surface area (TPSA) is 58.5 Å². The van der Waals surface area contributed by atoms with Crippen molar-refractivity contribution < 1.29 is 18.4 Å². The predicted octanol–water partition coefficient (Wildman–Crippen LogP) is 6.07. The van der Waals surface area contributed by atoms with Gasteiger partial charge in [-0.25, -0.2) is 8.78 Å². The number of amides is 1. The number of rotatable bonds is 3. The molecule has 0 saturated heterocycles. The summed E-state index contributed by atoms with van der Waals surface area (Å²) in [7, 11) is 0. The zero-order valence-electron chi connectivity index (χ0n) is 18.0. The molecule has 4 rings (SSSR count). The van der Waals surface area contributed by atoms with Gasteiger partial charge in [0.25, 0.3) is 0 Å². The van der Waals surface area contributed by atoms with Gasteiger partial charge in [-0.1, -0.05) is 43.6 Å². The highest BCUT2D eigenvalue weighted by atomic mass is 35.5. The van der Waals surface area contributed by atoms with Gasteiger partial charge in [0.15, 0.2) is 5.78 Å². The second kappa shape index (κ2) is 8.24. The third-order valence-electron chi connectivity index (χ3n) is 6.01. The number of anilines is 1. The van der Waals surface area contributed by atoms with Gasteiger partial charge in [-0.05, 0) is 42.5 Å². The van der Waals surface area contributed by atoms with E-state index in [0.29, 0.717) is 46.5 Å². The number of nitrogens with zero attached hydrogens (tertiary/aromatic N) is 1. The van der Waals surface area contributed by atoms with E-state index in [1.54, 1.807) is 31.2 Å². The first-order valence-electron chi connectivity index (χ1n) is 10.4. The van der Waals surface area contributed by atoms with Gasteiger partial charge in [0, 0.05) is 40.4 Å². The Morgan fingerprint density at radius 3 is 2.56 bits per heavy atom. The van der Waals surface area contributed by atoms with Crippen molar-refractivity contribution in [3.8, 4) is 0 Å². The van der Waals surface area contributed by atoms with E-state index in [9.17, 15) is 18.4 Å². The van der Waals surface area contributed by atoms with Gasteiger partial charge >= 0.3 is 0 Å². The van der Waals surface area contributed by atoms with Gasteiger partial charge in [0.2, 0.25) is 5.91 Å². The fourth-order valence-corrected chi connectivity index (χ4v) is 4.90. The van der Waals surface area contributed by atoms with Crippen molar-refractivity contribution in [1.82, 2.24) is 0 Å². The third kappa shape index (κ3) is 4.11. The number of ketones is 1. The minimum Gasteiger partial charge on any atom is -0.323 e.